The van der Waals surface area contributed by atoms with E-state index >= 15 is 0 Å². The van der Waals surface area contributed by atoms with Gasteiger partial charge in [0.1, 0.15) is 0 Å². The van der Waals surface area contributed by atoms with Crippen molar-refractivity contribution in [1.82, 2.24) is 14.5 Å². The Kier molecular flexibility index (Phi) is 6.11. The second-order valence-electron chi connectivity index (χ2n) is 5.51. The number of hydrogen-bond donors (Lipinski definition) is 1. The normalized spacial score (nSPS) is 16.5. The van der Waals surface area contributed by atoms with Crippen LogP contribution in [0.1, 0.15) is 10.4 Å². The average Bonchev–Trinajstić information content (AvgIpc) is 2.55. The summed E-state index contributed by atoms with van der Waals surface area (Å²) in [4.78, 5) is 16.5. The highest BCUT2D eigenvalue weighted by atomic mass is 32.2. The number of amides is 1. The number of likely N-dealkylation sites (N-methyl/N-ethyl adjacent to an activating group) is 1. The summed E-state index contributed by atoms with van der Waals surface area (Å²) in [7, 11) is -0.0359. The van der Waals surface area contributed by atoms with Crippen LogP contribution in [0.4, 0.5) is 0 Å². The molecular formula is C15H23N3O4S. The number of hydrogen-bond acceptors (Lipinski definition) is 5. The Labute approximate surface area is 137 Å². The van der Waals surface area contributed by atoms with Crippen LogP contribution in [-0.2, 0) is 14.8 Å². The third-order valence-electron chi connectivity index (χ3n) is 3.80. The van der Waals surface area contributed by atoms with Gasteiger partial charge >= 0.3 is 0 Å². The van der Waals surface area contributed by atoms with Crippen LogP contribution >= 0.6 is 0 Å². The summed E-state index contributed by atoms with van der Waals surface area (Å²) in [5.41, 5.74) is 0.505. The van der Waals surface area contributed by atoms with Crippen LogP contribution in [0, 0.1) is 0 Å². The highest BCUT2D eigenvalue weighted by Crippen LogP contribution is 2.13. The number of rotatable bonds is 6. The summed E-state index contributed by atoms with van der Waals surface area (Å²) in [6.45, 7) is 3.59. The number of piperazine rings is 1. The Bertz CT molecular complexity index is 623. The van der Waals surface area contributed by atoms with E-state index in [4.69, 9.17) is 4.74 Å². The Balaban J connectivity index is 2.02. The molecule has 2 rings (SSSR count). The lowest BCUT2D eigenvalue weighted by Crippen LogP contribution is -2.47. The molecule has 7 nitrogen and oxygen atoms in total. The molecule has 0 aliphatic carbocycles. The van der Waals surface area contributed by atoms with Crippen LogP contribution < -0.4 is 4.72 Å². The molecule has 1 aromatic carbocycles. The van der Waals surface area contributed by atoms with Gasteiger partial charge in [-0.25, -0.2) is 13.1 Å². The lowest BCUT2D eigenvalue weighted by Gasteiger charge is -2.32. The molecule has 1 amide bonds. The third-order valence-corrected chi connectivity index (χ3v) is 5.28. The van der Waals surface area contributed by atoms with Gasteiger partial charge in [-0.1, -0.05) is 0 Å². The second kappa shape index (κ2) is 7.87. The molecule has 23 heavy (non-hydrogen) atoms. The number of carbonyl (C=O) groups excluding carboxylic acids is 1. The molecule has 1 saturated heterocycles. The minimum absolute atomic E-state index is 0.0607. The van der Waals surface area contributed by atoms with Gasteiger partial charge in [-0.2, -0.15) is 0 Å². The first kappa shape index (κ1) is 17.9. The van der Waals surface area contributed by atoms with Gasteiger partial charge < -0.3 is 14.5 Å². The van der Waals surface area contributed by atoms with E-state index in [0.717, 1.165) is 13.1 Å². The van der Waals surface area contributed by atoms with E-state index < -0.39 is 10.0 Å². The molecule has 1 heterocycles. The van der Waals surface area contributed by atoms with Gasteiger partial charge in [-0.15, -0.1) is 0 Å². The van der Waals surface area contributed by atoms with E-state index in [2.05, 4.69) is 9.62 Å². The SMILES string of the molecule is COCCNS(=O)(=O)c1ccc(C(=O)N2CCN(C)CC2)cc1. The topological polar surface area (TPSA) is 78.9 Å². The molecule has 0 bridgehead atoms. The highest BCUT2D eigenvalue weighted by Gasteiger charge is 2.21. The molecule has 1 fully saturated rings. The van der Waals surface area contributed by atoms with Crippen molar-refractivity contribution >= 4 is 15.9 Å². The van der Waals surface area contributed by atoms with Gasteiger partial charge in [-0.05, 0) is 31.3 Å². The molecule has 1 N–H and O–H groups in total. The Morgan fingerprint density at radius 3 is 2.35 bits per heavy atom. The summed E-state index contributed by atoms with van der Waals surface area (Å²) in [5.74, 6) is -0.0607. The van der Waals surface area contributed by atoms with Gasteiger partial charge in [0, 0.05) is 45.4 Å². The van der Waals surface area contributed by atoms with Crippen molar-refractivity contribution in [2.75, 3.05) is 53.5 Å². The fourth-order valence-electron chi connectivity index (χ4n) is 2.33. The highest BCUT2D eigenvalue weighted by molar-refractivity contribution is 7.89. The van der Waals surface area contributed by atoms with E-state index in [0.29, 0.717) is 25.3 Å². The molecule has 1 aliphatic rings. The van der Waals surface area contributed by atoms with Gasteiger partial charge in [0.2, 0.25) is 10.0 Å². The third kappa shape index (κ3) is 4.74. The van der Waals surface area contributed by atoms with Crippen LogP contribution in [0.15, 0.2) is 29.2 Å². The number of benzene rings is 1. The maximum atomic E-state index is 12.4. The zero-order chi connectivity index (χ0) is 16.9. The van der Waals surface area contributed by atoms with Crippen LogP contribution in [-0.4, -0.2) is 77.6 Å². The van der Waals surface area contributed by atoms with Crippen molar-refractivity contribution in [3.8, 4) is 0 Å². The van der Waals surface area contributed by atoms with Crippen LogP contribution in [0.3, 0.4) is 0 Å². The summed E-state index contributed by atoms with van der Waals surface area (Å²) < 4.78 is 31.4. The van der Waals surface area contributed by atoms with E-state index in [1.807, 2.05) is 7.05 Å². The maximum absolute atomic E-state index is 12.4. The van der Waals surface area contributed by atoms with Crippen molar-refractivity contribution in [1.29, 1.82) is 0 Å². The first-order valence-corrected chi connectivity index (χ1v) is 8.99. The van der Waals surface area contributed by atoms with Crippen molar-refractivity contribution in [3.63, 3.8) is 0 Å². The fraction of sp³-hybridized carbons (Fsp3) is 0.533. The molecule has 0 unspecified atom stereocenters. The Morgan fingerprint density at radius 1 is 1.17 bits per heavy atom. The second-order valence-corrected chi connectivity index (χ2v) is 7.28. The van der Waals surface area contributed by atoms with E-state index in [9.17, 15) is 13.2 Å². The van der Waals surface area contributed by atoms with Gasteiger partial charge in [0.25, 0.3) is 5.91 Å². The molecule has 1 aromatic rings. The molecule has 128 valence electrons. The minimum Gasteiger partial charge on any atom is -0.383 e. The van der Waals surface area contributed by atoms with E-state index in [1.54, 1.807) is 17.0 Å². The van der Waals surface area contributed by atoms with E-state index in [1.165, 1.54) is 19.2 Å². The molecule has 0 atom stereocenters. The molecule has 0 radical (unpaired) electrons. The summed E-state index contributed by atoms with van der Waals surface area (Å²) in [6, 6.07) is 6.04. The molecule has 1 aliphatic heterocycles. The molecular weight excluding hydrogens is 318 g/mol. The summed E-state index contributed by atoms with van der Waals surface area (Å²) in [5, 5.41) is 0. The zero-order valence-electron chi connectivity index (χ0n) is 13.5. The van der Waals surface area contributed by atoms with Crippen LogP contribution in [0.2, 0.25) is 0 Å². The monoisotopic (exact) mass is 341 g/mol. The van der Waals surface area contributed by atoms with Crippen molar-refractivity contribution in [2.45, 2.75) is 4.90 Å². The van der Waals surface area contributed by atoms with Crippen LogP contribution in [0.25, 0.3) is 0 Å². The minimum atomic E-state index is -3.57. The lowest BCUT2D eigenvalue weighted by molar-refractivity contribution is 0.0664. The van der Waals surface area contributed by atoms with Crippen molar-refractivity contribution in [3.05, 3.63) is 29.8 Å². The van der Waals surface area contributed by atoms with Crippen molar-refractivity contribution in [2.24, 2.45) is 0 Å². The smallest absolute Gasteiger partial charge is 0.253 e. The Morgan fingerprint density at radius 2 is 1.78 bits per heavy atom. The number of ether oxygens (including phenoxy) is 1. The quantitative estimate of drug-likeness (QED) is 0.737. The predicted molar refractivity (Wildman–Crippen MR) is 86.9 cm³/mol. The van der Waals surface area contributed by atoms with Crippen LogP contribution in [0.5, 0.6) is 0 Å². The standard InChI is InChI=1S/C15H23N3O4S/c1-17-8-10-18(11-9-17)15(19)13-3-5-14(6-4-13)23(20,21)16-7-12-22-2/h3-6,16H,7-12H2,1-2H3. The van der Waals surface area contributed by atoms with Gasteiger partial charge in [0.05, 0.1) is 11.5 Å². The van der Waals surface area contributed by atoms with Crippen molar-refractivity contribution < 1.29 is 17.9 Å². The zero-order valence-corrected chi connectivity index (χ0v) is 14.3. The molecule has 0 aromatic heterocycles. The van der Waals surface area contributed by atoms with E-state index in [-0.39, 0.29) is 17.3 Å². The number of nitrogens with one attached hydrogen (secondary N) is 1. The van der Waals surface area contributed by atoms with Gasteiger partial charge in [-0.3, -0.25) is 4.79 Å². The first-order chi connectivity index (χ1) is 10.9. The number of methoxy groups -OCH3 is 1. The number of carbonyl (C=O) groups is 1. The van der Waals surface area contributed by atoms with Gasteiger partial charge in [0.15, 0.2) is 0 Å². The number of sulfonamides is 1. The first-order valence-electron chi connectivity index (χ1n) is 7.50. The average molecular weight is 341 g/mol. The molecule has 0 spiro atoms. The summed E-state index contributed by atoms with van der Waals surface area (Å²) >= 11 is 0. The Hall–Kier alpha value is -1.48. The largest absolute Gasteiger partial charge is 0.383 e. The summed E-state index contributed by atoms with van der Waals surface area (Å²) in [6.07, 6.45) is 0. The molecule has 0 saturated carbocycles. The maximum Gasteiger partial charge on any atom is 0.253 e. The number of nitrogens with zero attached hydrogens (tertiary/aromatic N) is 2. The predicted octanol–water partition coefficient (Wildman–Crippen LogP) is -0.00110. The molecule has 8 heteroatoms. The lowest BCUT2D eigenvalue weighted by atomic mass is 10.2. The fourth-order valence-corrected chi connectivity index (χ4v) is 3.34.